The number of esters is 1. The molecule has 3 heterocycles. The van der Waals surface area contributed by atoms with Gasteiger partial charge in [0, 0.05) is 16.8 Å². The molecule has 0 unspecified atom stereocenters. The number of cyclic esters (lactones) is 1. The van der Waals surface area contributed by atoms with Crippen molar-refractivity contribution in [1.29, 1.82) is 0 Å². The first-order valence-electron chi connectivity index (χ1n) is 16.4. The van der Waals surface area contributed by atoms with Gasteiger partial charge in [-0.2, -0.15) is 0 Å². The number of urea groups is 1. The van der Waals surface area contributed by atoms with E-state index >= 15 is 0 Å². The molecule has 4 amide bonds. The summed E-state index contributed by atoms with van der Waals surface area (Å²) in [7, 11) is 0. The predicted octanol–water partition coefficient (Wildman–Crippen LogP) is 2.83. The summed E-state index contributed by atoms with van der Waals surface area (Å²) in [4.78, 5) is 56.5. The van der Waals surface area contributed by atoms with Crippen molar-refractivity contribution >= 4 is 29.5 Å². The zero-order valence-electron chi connectivity index (χ0n) is 27.3. The van der Waals surface area contributed by atoms with Crippen LogP contribution in [0.5, 0.6) is 5.75 Å². The van der Waals surface area contributed by atoms with E-state index in [1.807, 2.05) is 65.6 Å². The first-order valence-corrected chi connectivity index (χ1v) is 16.4. The lowest BCUT2D eigenvalue weighted by Crippen LogP contribution is -2.53. The van der Waals surface area contributed by atoms with E-state index in [2.05, 4.69) is 22.5 Å². The van der Waals surface area contributed by atoms with Crippen LogP contribution in [0, 0.1) is 17.8 Å². The number of rotatable bonds is 8. The molecule has 4 aromatic rings. The molecule has 6 atom stereocenters. The number of ether oxygens (including phenoxy) is 2. The first-order chi connectivity index (χ1) is 24.8. The summed E-state index contributed by atoms with van der Waals surface area (Å²) in [6.07, 6.45) is -0.840. The van der Waals surface area contributed by atoms with E-state index in [-0.39, 0.29) is 19.8 Å². The third kappa shape index (κ3) is 5.62. The minimum absolute atomic E-state index is 0.0157. The fraction of sp³-hybridized carbons (Fsp3) is 0.231. The van der Waals surface area contributed by atoms with Crippen molar-refractivity contribution < 1.29 is 33.8 Å². The Balaban J connectivity index is 1.53. The fourth-order valence-corrected chi connectivity index (χ4v) is 7.94. The number of nitrogens with zero attached hydrogens (tertiary/aromatic N) is 1. The summed E-state index contributed by atoms with van der Waals surface area (Å²) < 4.78 is 12.4. The first kappa shape index (κ1) is 33.3. The molecular formula is C39H35N5O7. The third-order valence-corrected chi connectivity index (χ3v) is 9.76. The highest BCUT2D eigenvalue weighted by Crippen LogP contribution is 2.65. The Morgan fingerprint density at radius 3 is 2.29 bits per heavy atom. The Morgan fingerprint density at radius 1 is 0.922 bits per heavy atom. The second-order valence-electron chi connectivity index (χ2n) is 12.5. The molecule has 4 aromatic carbocycles. The van der Waals surface area contributed by atoms with Crippen LogP contribution in [-0.4, -0.2) is 59.6 Å². The average Bonchev–Trinajstić information content (AvgIpc) is 3.61. The van der Waals surface area contributed by atoms with Gasteiger partial charge in [-0.25, -0.2) is 4.79 Å². The van der Waals surface area contributed by atoms with Gasteiger partial charge in [0.2, 0.25) is 11.8 Å². The topological polar surface area (TPSA) is 186 Å². The molecule has 1 spiro atoms. The van der Waals surface area contributed by atoms with E-state index in [0.29, 0.717) is 28.1 Å². The second-order valence-corrected chi connectivity index (χ2v) is 12.5. The number of morpholine rings is 1. The van der Waals surface area contributed by atoms with E-state index in [1.165, 1.54) is 0 Å². The van der Waals surface area contributed by atoms with Gasteiger partial charge in [0.25, 0.3) is 0 Å². The van der Waals surface area contributed by atoms with Gasteiger partial charge in [-0.3, -0.25) is 19.3 Å². The van der Waals surface area contributed by atoms with Gasteiger partial charge >= 0.3 is 12.0 Å². The zero-order chi connectivity index (χ0) is 35.7. The van der Waals surface area contributed by atoms with Crippen LogP contribution < -0.4 is 26.8 Å². The lowest BCUT2D eigenvalue weighted by molar-refractivity contribution is -0.178. The number of amides is 4. The van der Waals surface area contributed by atoms with Crippen LogP contribution in [0.3, 0.4) is 0 Å². The van der Waals surface area contributed by atoms with Crippen molar-refractivity contribution in [1.82, 2.24) is 10.2 Å². The quantitative estimate of drug-likeness (QED) is 0.138. The maximum Gasteiger partial charge on any atom is 0.324 e. The summed E-state index contributed by atoms with van der Waals surface area (Å²) >= 11 is 0. The molecule has 2 saturated heterocycles. The van der Waals surface area contributed by atoms with Crippen LogP contribution in [0.1, 0.15) is 46.0 Å². The van der Waals surface area contributed by atoms with Gasteiger partial charge in [0.15, 0.2) is 0 Å². The summed E-state index contributed by atoms with van der Waals surface area (Å²) in [6, 6.07) is 27.2. The van der Waals surface area contributed by atoms with E-state index < -0.39 is 59.4 Å². The number of hydrogen-bond acceptors (Lipinski definition) is 8. The number of benzene rings is 4. The number of para-hydroxylation sites is 1. The number of aliphatic hydroxyl groups excluding tert-OH is 1. The number of nitrogens with one attached hydrogen (secondary N) is 2. The Labute approximate surface area is 293 Å². The van der Waals surface area contributed by atoms with Crippen molar-refractivity contribution in [3.8, 4) is 17.6 Å². The van der Waals surface area contributed by atoms with Crippen LogP contribution in [-0.2, 0) is 24.5 Å². The lowest BCUT2D eigenvalue weighted by Gasteiger charge is -2.46. The number of anilines is 1. The SMILES string of the molecule is NC(=O)NCC#Cc1ccc2c(c1)[C@]1(C(=O)N2)[C@H](c2ccccc2OCCO)N2[C@H](c3ccccc3)[C@H](c3ccccc3)OC(=O)[C@H]2[C@@H]1C(N)=O. The van der Waals surface area contributed by atoms with E-state index in [0.717, 1.165) is 11.1 Å². The molecule has 3 aliphatic rings. The molecule has 3 aliphatic heterocycles. The summed E-state index contributed by atoms with van der Waals surface area (Å²) in [5, 5.41) is 15.1. The van der Waals surface area contributed by atoms with Gasteiger partial charge < -0.3 is 36.7 Å². The molecular weight excluding hydrogens is 650 g/mol. The molecule has 0 saturated carbocycles. The van der Waals surface area contributed by atoms with Crippen molar-refractivity contribution in [3.63, 3.8) is 0 Å². The molecule has 51 heavy (non-hydrogen) atoms. The van der Waals surface area contributed by atoms with Crippen LogP contribution in [0.25, 0.3) is 0 Å². The van der Waals surface area contributed by atoms with E-state index in [9.17, 15) is 24.3 Å². The standard InChI is InChI=1S/C39H35N5O7/c40-35(46)30-32-36(47)51-33(25-13-5-2-6-14-25)31(24-11-3-1-4-12-24)44(32)34(26-15-7-8-16-29(26)50-21-20-45)39(30)27-22-23(10-9-19-42-38(41)49)17-18-28(27)43-37(39)48/h1-8,11-18,22,30-34,45H,19-21H2,(H2,40,46)(H,43,48)(H3,41,42,49)/t30-,31-,32-,33+,34+,39-/m1/s1. The maximum atomic E-state index is 14.9. The molecule has 258 valence electrons. The monoisotopic (exact) mass is 685 g/mol. The Morgan fingerprint density at radius 2 is 1.61 bits per heavy atom. The average molecular weight is 686 g/mol. The summed E-state index contributed by atoms with van der Waals surface area (Å²) in [5.41, 5.74) is 13.0. The van der Waals surface area contributed by atoms with Crippen LogP contribution in [0.4, 0.5) is 10.5 Å². The van der Waals surface area contributed by atoms with Crippen LogP contribution in [0.15, 0.2) is 103 Å². The number of fused-ring (bicyclic) bond motifs is 3. The number of hydrogen-bond donors (Lipinski definition) is 5. The second kappa shape index (κ2) is 13.6. The minimum atomic E-state index is -1.79. The number of carbonyl (C=O) groups excluding carboxylic acids is 4. The lowest BCUT2D eigenvalue weighted by atomic mass is 9.65. The van der Waals surface area contributed by atoms with E-state index in [4.69, 9.17) is 20.9 Å². The molecule has 0 aliphatic carbocycles. The van der Waals surface area contributed by atoms with Crippen LogP contribution >= 0.6 is 0 Å². The van der Waals surface area contributed by atoms with Crippen molar-refractivity contribution in [3.05, 3.63) is 131 Å². The predicted molar refractivity (Wildman–Crippen MR) is 186 cm³/mol. The number of aliphatic hydroxyl groups is 1. The highest BCUT2D eigenvalue weighted by atomic mass is 16.6. The normalized spacial score (nSPS) is 24.8. The summed E-state index contributed by atoms with van der Waals surface area (Å²) in [6.45, 7) is -0.332. The molecule has 0 radical (unpaired) electrons. The number of primary amides is 2. The Bertz CT molecular complexity index is 2060. The van der Waals surface area contributed by atoms with Crippen molar-refractivity contribution in [2.75, 3.05) is 25.1 Å². The molecule has 0 bridgehead atoms. The smallest absolute Gasteiger partial charge is 0.324 e. The molecule has 7 rings (SSSR count). The van der Waals surface area contributed by atoms with Gasteiger partial charge in [-0.1, -0.05) is 90.7 Å². The van der Waals surface area contributed by atoms with Crippen molar-refractivity contribution in [2.45, 2.75) is 29.6 Å². The van der Waals surface area contributed by atoms with Gasteiger partial charge in [-0.05, 0) is 41.0 Å². The molecule has 12 nitrogen and oxygen atoms in total. The van der Waals surface area contributed by atoms with E-state index in [1.54, 1.807) is 42.5 Å². The maximum absolute atomic E-state index is 14.9. The zero-order valence-corrected chi connectivity index (χ0v) is 27.3. The van der Waals surface area contributed by atoms with Gasteiger partial charge in [-0.15, -0.1) is 0 Å². The van der Waals surface area contributed by atoms with Crippen molar-refractivity contribution in [2.24, 2.45) is 17.4 Å². The highest BCUT2D eigenvalue weighted by Gasteiger charge is 2.74. The summed E-state index contributed by atoms with van der Waals surface area (Å²) in [5.74, 6) is 2.68. The van der Waals surface area contributed by atoms with Gasteiger partial charge in [0.1, 0.15) is 29.9 Å². The van der Waals surface area contributed by atoms with Crippen LogP contribution in [0.2, 0.25) is 0 Å². The Hall–Kier alpha value is -6.16. The largest absolute Gasteiger partial charge is 0.491 e. The minimum Gasteiger partial charge on any atom is -0.491 e. The number of carbonyl (C=O) groups is 4. The molecule has 0 aromatic heterocycles. The number of nitrogens with two attached hydrogens (primary N) is 2. The highest BCUT2D eigenvalue weighted by molar-refractivity contribution is 6.12. The fourth-order valence-electron chi connectivity index (χ4n) is 7.94. The van der Waals surface area contributed by atoms with Gasteiger partial charge in [0.05, 0.1) is 31.2 Å². The Kier molecular flexibility index (Phi) is 8.91. The molecule has 12 heteroatoms. The molecule has 7 N–H and O–H groups in total. The third-order valence-electron chi connectivity index (χ3n) is 9.76. The molecule has 2 fully saturated rings.